The van der Waals surface area contributed by atoms with Crippen LogP contribution in [0.2, 0.25) is 0 Å². The lowest BCUT2D eigenvalue weighted by Gasteiger charge is -2.19. The van der Waals surface area contributed by atoms with Gasteiger partial charge in [-0.1, -0.05) is 48.5 Å². The number of nitrogens with two attached hydrogens (primary N) is 1. The lowest BCUT2D eigenvalue weighted by atomic mass is 10.1. The van der Waals surface area contributed by atoms with Gasteiger partial charge in [-0.2, -0.15) is 0 Å². The summed E-state index contributed by atoms with van der Waals surface area (Å²) in [4.78, 5) is 11.8. The Kier molecular flexibility index (Phi) is 7.75. The molecule has 0 spiro atoms. The van der Waals surface area contributed by atoms with Gasteiger partial charge < -0.3 is 15.8 Å². The van der Waals surface area contributed by atoms with Crippen molar-refractivity contribution in [3.63, 3.8) is 0 Å². The molecule has 2 rings (SSSR count). The van der Waals surface area contributed by atoms with E-state index < -0.39 is 5.54 Å². The van der Waals surface area contributed by atoms with Crippen LogP contribution in [0.1, 0.15) is 20.3 Å². The number of halogens is 1. The molecule has 0 aliphatic carbocycles. The monoisotopic (exact) mass is 348 g/mol. The van der Waals surface area contributed by atoms with Crippen LogP contribution in [0.5, 0.6) is 5.75 Å². The molecule has 1 amide bonds. The summed E-state index contributed by atoms with van der Waals surface area (Å²) in [6, 6.07) is 17.9. The quantitative estimate of drug-likeness (QED) is 0.806. The van der Waals surface area contributed by atoms with Gasteiger partial charge in [0.1, 0.15) is 5.75 Å². The zero-order valence-electron chi connectivity index (χ0n) is 14.1. The molecule has 130 valence electrons. The Hall–Kier alpha value is -2.04. The van der Waals surface area contributed by atoms with Crippen LogP contribution in [0.15, 0.2) is 54.6 Å². The number of nitrogens with one attached hydrogen (secondary N) is 1. The standard InChI is InChI=1S/C19H24N2O2.ClH/c1-19(2,20)14-21-18(22)12-13-23-17-11-7-6-10-16(17)15-8-4-3-5-9-15;/h3-11H,12-14,20H2,1-2H3,(H,21,22);1H. The van der Waals surface area contributed by atoms with Gasteiger partial charge in [0, 0.05) is 17.6 Å². The number of rotatable bonds is 7. The molecule has 3 N–H and O–H groups in total. The van der Waals surface area contributed by atoms with Gasteiger partial charge in [0.2, 0.25) is 5.91 Å². The molecule has 5 heteroatoms. The van der Waals surface area contributed by atoms with E-state index in [1.54, 1.807) is 0 Å². The number of hydrogen-bond acceptors (Lipinski definition) is 3. The lowest BCUT2D eigenvalue weighted by molar-refractivity contribution is -0.121. The first-order valence-corrected chi connectivity index (χ1v) is 7.78. The molecule has 0 heterocycles. The highest BCUT2D eigenvalue weighted by atomic mass is 35.5. The molecule has 24 heavy (non-hydrogen) atoms. The second kappa shape index (κ2) is 9.30. The zero-order valence-corrected chi connectivity index (χ0v) is 14.9. The maximum Gasteiger partial charge on any atom is 0.223 e. The Morgan fingerprint density at radius 3 is 2.38 bits per heavy atom. The average molecular weight is 349 g/mol. The second-order valence-electron chi connectivity index (χ2n) is 6.23. The number of benzene rings is 2. The molecule has 2 aromatic rings. The van der Waals surface area contributed by atoms with Crippen molar-refractivity contribution >= 4 is 18.3 Å². The fourth-order valence-corrected chi connectivity index (χ4v) is 2.12. The zero-order chi connectivity index (χ0) is 16.7. The second-order valence-corrected chi connectivity index (χ2v) is 6.23. The van der Waals surface area contributed by atoms with Gasteiger partial charge in [-0.3, -0.25) is 4.79 Å². The largest absolute Gasteiger partial charge is 0.492 e. The molecule has 0 aliphatic heterocycles. The Morgan fingerprint density at radius 2 is 1.71 bits per heavy atom. The molecule has 0 saturated carbocycles. The van der Waals surface area contributed by atoms with Crippen molar-refractivity contribution < 1.29 is 9.53 Å². The van der Waals surface area contributed by atoms with Crippen LogP contribution in [0, 0.1) is 0 Å². The third kappa shape index (κ3) is 6.60. The lowest BCUT2D eigenvalue weighted by Crippen LogP contribution is -2.45. The third-order valence-electron chi connectivity index (χ3n) is 3.30. The molecular weight excluding hydrogens is 324 g/mol. The van der Waals surface area contributed by atoms with Crippen molar-refractivity contribution in [3.05, 3.63) is 54.6 Å². The molecule has 0 atom stereocenters. The number of carbonyl (C=O) groups is 1. The predicted molar refractivity (Wildman–Crippen MR) is 101 cm³/mol. The first-order valence-electron chi connectivity index (χ1n) is 7.78. The summed E-state index contributed by atoms with van der Waals surface area (Å²) in [5.41, 5.74) is 7.55. The highest BCUT2D eigenvalue weighted by Gasteiger charge is 2.12. The normalized spacial score (nSPS) is 10.6. The van der Waals surface area contributed by atoms with Crippen molar-refractivity contribution in [3.8, 4) is 16.9 Å². The molecule has 0 radical (unpaired) electrons. The summed E-state index contributed by atoms with van der Waals surface area (Å²) in [7, 11) is 0. The maximum atomic E-state index is 11.8. The number of amides is 1. The van der Waals surface area contributed by atoms with Gasteiger partial charge in [-0.05, 0) is 25.5 Å². The Morgan fingerprint density at radius 1 is 1.08 bits per heavy atom. The van der Waals surface area contributed by atoms with Gasteiger partial charge in [0.25, 0.3) is 0 Å². The molecule has 0 unspecified atom stereocenters. The molecule has 0 bridgehead atoms. The third-order valence-corrected chi connectivity index (χ3v) is 3.30. The molecule has 0 aliphatic rings. The molecule has 2 aromatic carbocycles. The minimum absolute atomic E-state index is 0. The van der Waals surface area contributed by atoms with Crippen LogP contribution >= 0.6 is 12.4 Å². The number of ether oxygens (including phenoxy) is 1. The summed E-state index contributed by atoms with van der Waals surface area (Å²) in [6.07, 6.45) is 0.305. The fourth-order valence-electron chi connectivity index (χ4n) is 2.12. The summed E-state index contributed by atoms with van der Waals surface area (Å²) in [6.45, 7) is 4.53. The number of para-hydroxylation sites is 1. The Bertz CT molecular complexity index is 639. The van der Waals surface area contributed by atoms with Crippen LogP contribution in [0.25, 0.3) is 11.1 Å². The SMILES string of the molecule is CC(C)(N)CNC(=O)CCOc1ccccc1-c1ccccc1.Cl. The van der Waals surface area contributed by atoms with Crippen molar-refractivity contribution in [2.24, 2.45) is 5.73 Å². The number of hydrogen-bond donors (Lipinski definition) is 2. The topological polar surface area (TPSA) is 64.3 Å². The molecule has 0 fully saturated rings. The minimum Gasteiger partial charge on any atom is -0.492 e. The van der Waals surface area contributed by atoms with Crippen LogP contribution in [0.4, 0.5) is 0 Å². The van der Waals surface area contributed by atoms with Gasteiger partial charge >= 0.3 is 0 Å². The molecule has 0 aromatic heterocycles. The van der Waals surface area contributed by atoms with Gasteiger partial charge in [0.15, 0.2) is 0 Å². The van der Waals surface area contributed by atoms with E-state index in [1.165, 1.54) is 0 Å². The molecule has 0 saturated heterocycles. The van der Waals surface area contributed by atoms with E-state index in [-0.39, 0.29) is 18.3 Å². The molecule has 4 nitrogen and oxygen atoms in total. The van der Waals surface area contributed by atoms with E-state index in [1.807, 2.05) is 68.4 Å². The van der Waals surface area contributed by atoms with Crippen LogP contribution < -0.4 is 15.8 Å². The first-order chi connectivity index (χ1) is 11.0. The van der Waals surface area contributed by atoms with Crippen molar-refractivity contribution in [1.82, 2.24) is 5.32 Å². The van der Waals surface area contributed by atoms with Crippen LogP contribution in [-0.4, -0.2) is 24.6 Å². The number of carbonyl (C=O) groups excluding carboxylic acids is 1. The van der Waals surface area contributed by atoms with Crippen molar-refractivity contribution in [2.75, 3.05) is 13.2 Å². The summed E-state index contributed by atoms with van der Waals surface area (Å²) < 4.78 is 5.80. The predicted octanol–water partition coefficient (Wildman–Crippen LogP) is 3.40. The smallest absolute Gasteiger partial charge is 0.223 e. The van der Waals surface area contributed by atoms with E-state index in [9.17, 15) is 4.79 Å². The van der Waals surface area contributed by atoms with Crippen molar-refractivity contribution in [1.29, 1.82) is 0 Å². The van der Waals surface area contributed by atoms with E-state index in [0.717, 1.165) is 16.9 Å². The van der Waals surface area contributed by atoms with Gasteiger partial charge in [-0.15, -0.1) is 12.4 Å². The van der Waals surface area contributed by atoms with Crippen molar-refractivity contribution in [2.45, 2.75) is 25.8 Å². The van der Waals surface area contributed by atoms with E-state index in [0.29, 0.717) is 19.6 Å². The average Bonchev–Trinajstić information content (AvgIpc) is 2.54. The van der Waals surface area contributed by atoms with Gasteiger partial charge in [-0.25, -0.2) is 0 Å². The first kappa shape index (κ1) is 20.0. The van der Waals surface area contributed by atoms with Crippen LogP contribution in [0.3, 0.4) is 0 Å². The van der Waals surface area contributed by atoms with E-state index >= 15 is 0 Å². The molecular formula is C19H25ClN2O2. The van der Waals surface area contributed by atoms with Crippen LogP contribution in [-0.2, 0) is 4.79 Å². The Labute approximate surface area is 149 Å². The Balaban J connectivity index is 0.00000288. The van der Waals surface area contributed by atoms with E-state index in [4.69, 9.17) is 10.5 Å². The fraction of sp³-hybridized carbons (Fsp3) is 0.316. The summed E-state index contributed by atoms with van der Waals surface area (Å²) >= 11 is 0. The van der Waals surface area contributed by atoms with Gasteiger partial charge in [0.05, 0.1) is 13.0 Å². The summed E-state index contributed by atoms with van der Waals surface area (Å²) in [5, 5.41) is 2.81. The highest BCUT2D eigenvalue weighted by molar-refractivity contribution is 5.85. The maximum absolute atomic E-state index is 11.8. The minimum atomic E-state index is -0.406. The summed E-state index contributed by atoms with van der Waals surface area (Å²) in [5.74, 6) is 0.728. The highest BCUT2D eigenvalue weighted by Crippen LogP contribution is 2.29. The van der Waals surface area contributed by atoms with E-state index in [2.05, 4.69) is 5.32 Å².